The smallest absolute Gasteiger partial charge is 0.269 e. The average molecular weight is 447 g/mol. The number of hydrogen-bond acceptors (Lipinski definition) is 4. The van der Waals surface area contributed by atoms with Crippen LogP contribution in [0.3, 0.4) is 0 Å². The maximum atomic E-state index is 12.9. The predicted octanol–water partition coefficient (Wildman–Crippen LogP) is 3.79. The Morgan fingerprint density at radius 1 is 1.26 bits per heavy atom. The van der Waals surface area contributed by atoms with E-state index in [2.05, 4.69) is 31.9 Å². The maximum absolute atomic E-state index is 12.9. The highest BCUT2D eigenvalue weighted by Crippen LogP contribution is 2.30. The van der Waals surface area contributed by atoms with Gasteiger partial charge in [0.05, 0.1) is 16.5 Å². The van der Waals surface area contributed by atoms with Gasteiger partial charge >= 0.3 is 0 Å². The zero-order chi connectivity index (χ0) is 19.6. The number of nitrogens with one attached hydrogen (secondary N) is 3. The lowest BCUT2D eigenvalue weighted by molar-refractivity contribution is -0.384. The van der Waals surface area contributed by atoms with Crippen molar-refractivity contribution in [3.63, 3.8) is 0 Å². The summed E-state index contributed by atoms with van der Waals surface area (Å²) in [7, 11) is 0. The van der Waals surface area contributed by atoms with Gasteiger partial charge in [-0.05, 0) is 49.0 Å². The molecule has 1 heterocycles. The largest absolute Gasteiger partial charge is 0.351 e. The van der Waals surface area contributed by atoms with E-state index < -0.39 is 11.0 Å². The first-order chi connectivity index (χ1) is 12.8. The lowest BCUT2D eigenvalue weighted by Crippen LogP contribution is -2.45. The summed E-state index contributed by atoms with van der Waals surface area (Å²) in [6.07, 6.45) is 0. The van der Waals surface area contributed by atoms with Crippen molar-refractivity contribution >= 4 is 50.5 Å². The number of carbonyl (C=O) groups is 1. The van der Waals surface area contributed by atoms with Crippen molar-refractivity contribution in [3.8, 4) is 0 Å². The van der Waals surface area contributed by atoms with E-state index in [-0.39, 0.29) is 11.6 Å². The summed E-state index contributed by atoms with van der Waals surface area (Å²) in [5.74, 6) is -0.325. The molecule has 0 saturated heterocycles. The molecule has 2 aromatic rings. The van der Waals surface area contributed by atoms with E-state index in [0.29, 0.717) is 27.6 Å². The molecule has 1 unspecified atom stereocenters. The standard InChI is InChI=1S/C18H15BrN4O3S/c1-10-15(17(24)21-13-7-5-12(19)6-8-13)16(22-18(27)20-10)11-3-2-4-14(9-11)23(25)26/h2-9,16H,1H3,(H,21,24)(H2,20,22,27). The third-order valence-corrected chi connectivity index (χ3v) is 4.78. The van der Waals surface area contributed by atoms with Crippen LogP contribution in [0, 0.1) is 10.1 Å². The first-order valence-electron chi connectivity index (χ1n) is 7.94. The number of allylic oxidation sites excluding steroid dienone is 1. The maximum Gasteiger partial charge on any atom is 0.269 e. The normalized spacial score (nSPS) is 16.4. The number of anilines is 1. The van der Waals surface area contributed by atoms with Gasteiger partial charge in [-0.15, -0.1) is 0 Å². The summed E-state index contributed by atoms with van der Waals surface area (Å²) in [4.78, 5) is 23.6. The van der Waals surface area contributed by atoms with Gasteiger partial charge in [0.2, 0.25) is 0 Å². The molecule has 1 aliphatic rings. The summed E-state index contributed by atoms with van der Waals surface area (Å²) in [5.41, 5.74) is 2.16. The van der Waals surface area contributed by atoms with Crippen molar-refractivity contribution in [1.29, 1.82) is 0 Å². The molecule has 0 radical (unpaired) electrons. The number of thiocarbonyl (C=S) groups is 1. The van der Waals surface area contributed by atoms with Gasteiger partial charge in [-0.25, -0.2) is 0 Å². The number of nitro groups is 1. The number of benzene rings is 2. The van der Waals surface area contributed by atoms with Gasteiger partial charge in [0, 0.05) is 28.0 Å². The molecule has 0 aromatic heterocycles. The highest BCUT2D eigenvalue weighted by Gasteiger charge is 2.30. The Morgan fingerprint density at radius 3 is 2.63 bits per heavy atom. The van der Waals surface area contributed by atoms with Crippen LogP contribution in [0.1, 0.15) is 18.5 Å². The minimum atomic E-state index is -0.603. The van der Waals surface area contributed by atoms with Crippen LogP contribution in [0.15, 0.2) is 64.3 Å². The van der Waals surface area contributed by atoms with Crippen LogP contribution in [-0.4, -0.2) is 15.9 Å². The molecule has 1 aliphatic heterocycles. The van der Waals surface area contributed by atoms with Crippen LogP contribution in [0.4, 0.5) is 11.4 Å². The summed E-state index contributed by atoms with van der Waals surface area (Å²) in [6, 6.07) is 12.7. The van der Waals surface area contributed by atoms with E-state index in [0.717, 1.165) is 4.47 Å². The molecule has 0 bridgehead atoms. The number of halogens is 1. The van der Waals surface area contributed by atoms with Crippen molar-refractivity contribution in [2.24, 2.45) is 0 Å². The molecule has 9 heteroatoms. The Hall–Kier alpha value is -2.78. The second kappa shape index (κ2) is 7.85. The van der Waals surface area contributed by atoms with E-state index in [9.17, 15) is 14.9 Å². The van der Waals surface area contributed by atoms with E-state index >= 15 is 0 Å². The van der Waals surface area contributed by atoms with Gasteiger partial charge in [0.25, 0.3) is 11.6 Å². The quantitative estimate of drug-likeness (QED) is 0.375. The molecule has 0 saturated carbocycles. The molecule has 2 aromatic carbocycles. The summed E-state index contributed by atoms with van der Waals surface area (Å²) < 4.78 is 0.900. The van der Waals surface area contributed by atoms with Gasteiger partial charge < -0.3 is 16.0 Å². The highest BCUT2D eigenvalue weighted by atomic mass is 79.9. The summed E-state index contributed by atoms with van der Waals surface area (Å²) in [5, 5.41) is 20.3. The third kappa shape index (κ3) is 4.32. The van der Waals surface area contributed by atoms with Crippen molar-refractivity contribution < 1.29 is 9.72 Å². The Balaban J connectivity index is 1.96. The summed E-state index contributed by atoms with van der Waals surface area (Å²) in [6.45, 7) is 1.74. The monoisotopic (exact) mass is 446 g/mol. The first-order valence-corrected chi connectivity index (χ1v) is 9.15. The lowest BCUT2D eigenvalue weighted by atomic mass is 9.94. The van der Waals surface area contributed by atoms with Gasteiger partial charge in [-0.2, -0.15) is 0 Å². The molecule has 1 atom stereocenters. The molecule has 1 amide bonds. The van der Waals surface area contributed by atoms with Crippen LogP contribution in [0.25, 0.3) is 0 Å². The van der Waals surface area contributed by atoms with Crippen LogP contribution in [-0.2, 0) is 4.79 Å². The molecular formula is C18H15BrN4O3S. The zero-order valence-electron chi connectivity index (χ0n) is 14.2. The van der Waals surface area contributed by atoms with Crippen LogP contribution in [0.2, 0.25) is 0 Å². The molecule has 27 heavy (non-hydrogen) atoms. The molecule has 0 spiro atoms. The van der Waals surface area contributed by atoms with Crippen LogP contribution >= 0.6 is 28.1 Å². The number of nitrogens with zero attached hydrogens (tertiary/aromatic N) is 1. The Labute approximate surface area is 169 Å². The minimum absolute atomic E-state index is 0.0518. The number of amides is 1. The van der Waals surface area contributed by atoms with E-state index in [1.54, 1.807) is 31.2 Å². The second-order valence-electron chi connectivity index (χ2n) is 5.88. The van der Waals surface area contributed by atoms with E-state index in [1.165, 1.54) is 12.1 Å². The van der Waals surface area contributed by atoms with Gasteiger partial charge in [0.1, 0.15) is 0 Å². The Morgan fingerprint density at radius 2 is 1.96 bits per heavy atom. The first kappa shape index (κ1) is 19.0. The molecule has 0 aliphatic carbocycles. The van der Waals surface area contributed by atoms with Crippen molar-refractivity contribution in [2.45, 2.75) is 13.0 Å². The summed E-state index contributed by atoms with van der Waals surface area (Å²) >= 11 is 8.55. The topological polar surface area (TPSA) is 96.3 Å². The van der Waals surface area contributed by atoms with E-state index in [1.807, 2.05) is 12.1 Å². The van der Waals surface area contributed by atoms with Gasteiger partial charge in [-0.1, -0.05) is 28.1 Å². The second-order valence-corrected chi connectivity index (χ2v) is 7.21. The number of hydrogen-bond donors (Lipinski definition) is 3. The number of carbonyl (C=O) groups excluding carboxylic acids is 1. The fourth-order valence-electron chi connectivity index (χ4n) is 2.79. The number of nitro benzene ring substituents is 1. The zero-order valence-corrected chi connectivity index (χ0v) is 16.6. The van der Waals surface area contributed by atoms with Crippen molar-refractivity contribution in [1.82, 2.24) is 10.6 Å². The van der Waals surface area contributed by atoms with Gasteiger partial charge in [-0.3, -0.25) is 14.9 Å². The fraction of sp³-hybridized carbons (Fsp3) is 0.111. The predicted molar refractivity (Wildman–Crippen MR) is 110 cm³/mol. The molecule has 7 nitrogen and oxygen atoms in total. The SMILES string of the molecule is CC1=C(C(=O)Nc2ccc(Br)cc2)C(c2cccc([N+](=O)[O-])c2)NC(=S)N1. The third-order valence-electron chi connectivity index (χ3n) is 4.03. The molecule has 0 fully saturated rings. The van der Waals surface area contributed by atoms with Crippen molar-refractivity contribution in [3.05, 3.63) is 80.0 Å². The van der Waals surface area contributed by atoms with E-state index in [4.69, 9.17) is 12.2 Å². The van der Waals surface area contributed by atoms with Crippen LogP contribution < -0.4 is 16.0 Å². The van der Waals surface area contributed by atoms with Crippen LogP contribution in [0.5, 0.6) is 0 Å². The fourth-order valence-corrected chi connectivity index (χ4v) is 3.33. The average Bonchev–Trinajstić information content (AvgIpc) is 2.63. The number of non-ortho nitro benzene ring substituents is 1. The molecule has 138 valence electrons. The highest BCUT2D eigenvalue weighted by molar-refractivity contribution is 9.10. The molecule has 3 N–H and O–H groups in total. The molecule has 3 rings (SSSR count). The molecular weight excluding hydrogens is 432 g/mol. The lowest BCUT2D eigenvalue weighted by Gasteiger charge is -2.30. The minimum Gasteiger partial charge on any atom is -0.351 e. The number of rotatable bonds is 4. The Bertz CT molecular complexity index is 959. The Kier molecular flexibility index (Phi) is 5.52. The van der Waals surface area contributed by atoms with Crippen molar-refractivity contribution in [2.75, 3.05) is 5.32 Å². The van der Waals surface area contributed by atoms with Gasteiger partial charge in [0.15, 0.2) is 5.11 Å².